The van der Waals surface area contributed by atoms with Gasteiger partial charge in [0.2, 0.25) is 5.91 Å². The smallest absolute Gasteiger partial charge is 0.382 e. The van der Waals surface area contributed by atoms with Crippen molar-refractivity contribution in [3.05, 3.63) is 46.2 Å². The van der Waals surface area contributed by atoms with Crippen LogP contribution >= 0.6 is 11.6 Å². The monoisotopic (exact) mass is 664 g/mol. The molecule has 2 aromatic heterocycles. The van der Waals surface area contributed by atoms with E-state index < -0.39 is 90.1 Å². The summed E-state index contributed by atoms with van der Waals surface area (Å²) in [5.41, 5.74) is -1.98. The van der Waals surface area contributed by atoms with E-state index in [1.165, 1.54) is 13.0 Å². The third-order valence-corrected chi connectivity index (χ3v) is 7.45. The Balaban J connectivity index is 1.61. The molecule has 20 heteroatoms. The van der Waals surface area contributed by atoms with E-state index in [9.17, 15) is 58.6 Å². The summed E-state index contributed by atoms with van der Waals surface area (Å²) in [7, 11) is 0. The molecule has 4 N–H and O–H groups in total. The number of anilines is 1. The Morgan fingerprint density at radius 1 is 1.07 bits per heavy atom. The van der Waals surface area contributed by atoms with Crippen LogP contribution in [0.4, 0.5) is 49.7 Å². The zero-order chi connectivity index (χ0) is 33.2. The van der Waals surface area contributed by atoms with E-state index in [-0.39, 0.29) is 26.7 Å². The number of alkyl halides is 10. The van der Waals surface area contributed by atoms with Crippen LogP contribution in [0.2, 0.25) is 5.02 Å². The third kappa shape index (κ3) is 5.81. The average molecular weight is 665 g/mol. The van der Waals surface area contributed by atoms with E-state index in [2.05, 4.69) is 15.4 Å². The molecule has 0 saturated carbocycles. The normalized spacial score (nSPS) is 18.2. The van der Waals surface area contributed by atoms with Crippen LogP contribution in [-0.2, 0) is 11.0 Å². The molecule has 1 saturated heterocycles. The van der Waals surface area contributed by atoms with Gasteiger partial charge in [0.05, 0.1) is 40.9 Å². The summed E-state index contributed by atoms with van der Waals surface area (Å²) >= 11 is 6.24. The summed E-state index contributed by atoms with van der Waals surface area (Å²) in [6.07, 6.45) is -21.2. The number of benzene rings is 1. The molecule has 1 aliphatic heterocycles. The standard InChI is InChI=1S/C24H19ClF10N6O3/c1-9-2-10(15-4-12(22(27,28)29)18-19(36)37-8-38-41(15)18)3-11(17(9)25)20(43)39-14-7-40(6-13(14)26)16(42)5-21(44,23(30,31)32)24(33,34)35/h2-4,8,13-14,44H,5-7H2,1H3,(H,39,43)(H2,36,37,38)/t13-,14+/m0/s1. The lowest BCUT2D eigenvalue weighted by molar-refractivity contribution is -0.367. The number of amides is 2. The lowest BCUT2D eigenvalue weighted by Gasteiger charge is -2.32. The van der Waals surface area contributed by atoms with E-state index in [0.29, 0.717) is 6.07 Å². The molecular formula is C24H19ClF10N6O3. The van der Waals surface area contributed by atoms with Gasteiger partial charge in [0.25, 0.3) is 11.5 Å². The van der Waals surface area contributed by atoms with Crippen molar-refractivity contribution in [1.29, 1.82) is 0 Å². The van der Waals surface area contributed by atoms with E-state index in [1.54, 1.807) is 0 Å². The Kier molecular flexibility index (Phi) is 8.21. The van der Waals surface area contributed by atoms with Gasteiger partial charge in [0.15, 0.2) is 5.82 Å². The predicted molar refractivity (Wildman–Crippen MR) is 132 cm³/mol. The second kappa shape index (κ2) is 10.9. The fourth-order valence-electron chi connectivity index (χ4n) is 4.61. The van der Waals surface area contributed by atoms with Crippen molar-refractivity contribution >= 4 is 34.7 Å². The van der Waals surface area contributed by atoms with E-state index >= 15 is 0 Å². The van der Waals surface area contributed by atoms with Gasteiger partial charge in [-0.3, -0.25) is 9.59 Å². The zero-order valence-electron chi connectivity index (χ0n) is 21.9. The maximum Gasteiger partial charge on any atom is 0.426 e. The summed E-state index contributed by atoms with van der Waals surface area (Å²) in [6, 6.07) is 1.42. The lowest BCUT2D eigenvalue weighted by Crippen LogP contribution is -2.59. The highest BCUT2D eigenvalue weighted by Gasteiger charge is 2.71. The molecule has 9 nitrogen and oxygen atoms in total. The molecule has 4 rings (SSSR count). The van der Waals surface area contributed by atoms with Crippen LogP contribution in [0.15, 0.2) is 24.5 Å². The number of nitrogens with zero attached hydrogens (tertiary/aromatic N) is 4. The molecule has 1 aromatic carbocycles. The Bertz CT molecular complexity index is 1610. The van der Waals surface area contributed by atoms with E-state index in [4.69, 9.17) is 17.3 Å². The first-order chi connectivity index (χ1) is 20.1. The maximum absolute atomic E-state index is 14.7. The average Bonchev–Trinajstić information content (AvgIpc) is 3.46. The number of fused-ring (bicyclic) bond motifs is 1. The molecule has 1 aliphatic rings. The van der Waals surface area contributed by atoms with Crippen LogP contribution in [0.25, 0.3) is 16.8 Å². The van der Waals surface area contributed by atoms with Gasteiger partial charge >= 0.3 is 18.5 Å². The van der Waals surface area contributed by atoms with Gasteiger partial charge in [-0.1, -0.05) is 11.6 Å². The number of nitrogens with two attached hydrogens (primary N) is 1. The number of aliphatic hydroxyl groups is 1. The molecule has 44 heavy (non-hydrogen) atoms. The minimum atomic E-state index is -6.28. The van der Waals surface area contributed by atoms with Gasteiger partial charge in [-0.25, -0.2) is 13.9 Å². The summed E-state index contributed by atoms with van der Waals surface area (Å²) in [5, 5.41) is 15.0. The van der Waals surface area contributed by atoms with Gasteiger partial charge in [0, 0.05) is 12.1 Å². The van der Waals surface area contributed by atoms with Crippen molar-refractivity contribution in [2.24, 2.45) is 0 Å². The van der Waals surface area contributed by atoms with Gasteiger partial charge in [0.1, 0.15) is 18.0 Å². The Labute approximate surface area is 244 Å². The van der Waals surface area contributed by atoms with Crippen LogP contribution in [-0.4, -0.2) is 79.7 Å². The number of carbonyl (C=O) groups is 2. The molecule has 0 bridgehead atoms. The quantitative estimate of drug-likeness (QED) is 0.346. The van der Waals surface area contributed by atoms with Gasteiger partial charge < -0.3 is 21.1 Å². The zero-order valence-corrected chi connectivity index (χ0v) is 22.6. The minimum Gasteiger partial charge on any atom is -0.382 e. The van der Waals surface area contributed by atoms with Crippen molar-refractivity contribution in [3.8, 4) is 11.3 Å². The molecule has 240 valence electrons. The second-order valence-corrected chi connectivity index (χ2v) is 10.3. The van der Waals surface area contributed by atoms with Gasteiger partial charge in [-0.2, -0.15) is 44.6 Å². The van der Waals surface area contributed by atoms with Gasteiger partial charge in [-0.15, -0.1) is 0 Å². The molecule has 0 unspecified atom stereocenters. The Morgan fingerprint density at radius 3 is 2.25 bits per heavy atom. The number of likely N-dealkylation sites (tertiary alicyclic amines) is 1. The molecule has 2 amide bonds. The number of aryl methyl sites for hydroxylation is 1. The fourth-order valence-corrected chi connectivity index (χ4v) is 4.81. The molecule has 3 aromatic rings. The topological polar surface area (TPSA) is 126 Å². The van der Waals surface area contributed by atoms with Crippen LogP contribution < -0.4 is 11.1 Å². The summed E-state index contributed by atoms with van der Waals surface area (Å²) in [4.78, 5) is 29.2. The number of nitrogens with one attached hydrogen (secondary N) is 1. The number of hydrogen-bond acceptors (Lipinski definition) is 6. The van der Waals surface area contributed by atoms with E-state index in [0.717, 1.165) is 16.9 Å². The molecule has 0 radical (unpaired) electrons. The first-order valence-electron chi connectivity index (χ1n) is 12.1. The number of aromatic nitrogens is 3. The molecule has 3 heterocycles. The first kappa shape index (κ1) is 33.0. The highest BCUT2D eigenvalue weighted by molar-refractivity contribution is 6.34. The predicted octanol–water partition coefficient (Wildman–Crippen LogP) is 4.48. The highest BCUT2D eigenvalue weighted by Crippen LogP contribution is 2.46. The van der Waals surface area contributed by atoms with Crippen LogP contribution in [0.3, 0.4) is 0 Å². The molecule has 0 aliphatic carbocycles. The van der Waals surface area contributed by atoms with E-state index in [1.807, 2.05) is 0 Å². The van der Waals surface area contributed by atoms with Crippen molar-refractivity contribution < 1.29 is 58.6 Å². The Morgan fingerprint density at radius 2 is 1.68 bits per heavy atom. The summed E-state index contributed by atoms with van der Waals surface area (Å²) in [5.74, 6) is -3.52. The Hall–Kier alpha value is -3.87. The molecule has 2 atom stereocenters. The fraction of sp³-hybridized carbons (Fsp3) is 0.417. The molecule has 1 fully saturated rings. The maximum atomic E-state index is 14.7. The van der Waals surface area contributed by atoms with Crippen molar-refractivity contribution in [3.63, 3.8) is 0 Å². The van der Waals surface area contributed by atoms with Crippen LogP contribution in [0.1, 0.15) is 27.9 Å². The minimum absolute atomic E-state index is 0.0285. The molecule has 0 spiro atoms. The number of nitrogen functional groups attached to an aromatic ring is 1. The SMILES string of the molecule is Cc1cc(-c2cc(C(F)(F)F)c3c(N)ncnn23)cc(C(=O)N[C@@H]2CN(C(=O)CC(O)(C(F)(F)F)C(F)(F)F)C[C@@H]2F)c1Cl. The lowest BCUT2D eigenvalue weighted by atomic mass is 9.97. The van der Waals surface area contributed by atoms with Gasteiger partial charge in [-0.05, 0) is 30.7 Å². The summed E-state index contributed by atoms with van der Waals surface area (Å²) < 4.78 is 135. The number of rotatable bonds is 5. The van der Waals surface area contributed by atoms with Crippen LogP contribution in [0.5, 0.6) is 0 Å². The summed E-state index contributed by atoms with van der Waals surface area (Å²) in [6.45, 7) is -0.495. The highest BCUT2D eigenvalue weighted by atomic mass is 35.5. The number of halogens is 11. The first-order valence-corrected chi connectivity index (χ1v) is 12.5. The van der Waals surface area contributed by atoms with Crippen molar-refractivity contribution in [2.45, 2.75) is 49.7 Å². The number of carbonyl (C=O) groups excluding carboxylic acids is 2. The third-order valence-electron chi connectivity index (χ3n) is 6.95. The largest absolute Gasteiger partial charge is 0.426 e. The second-order valence-electron chi connectivity index (χ2n) is 9.93. The number of hydrogen-bond donors (Lipinski definition) is 3. The van der Waals surface area contributed by atoms with Crippen molar-refractivity contribution in [2.75, 3.05) is 18.8 Å². The molecular weight excluding hydrogens is 646 g/mol. The van der Waals surface area contributed by atoms with Crippen molar-refractivity contribution in [1.82, 2.24) is 24.8 Å². The van der Waals surface area contributed by atoms with Crippen LogP contribution in [0, 0.1) is 6.92 Å².